The van der Waals surface area contributed by atoms with Gasteiger partial charge in [-0.15, -0.1) is 0 Å². The van der Waals surface area contributed by atoms with Gasteiger partial charge in [-0.05, 0) is 85.0 Å². The Morgan fingerprint density at radius 3 is 2.41 bits per heavy atom. The maximum Gasteiger partial charge on any atom is 1.00 e. The van der Waals surface area contributed by atoms with E-state index in [0.29, 0.717) is 17.8 Å². The Kier molecular flexibility index (Phi) is 11.4. The fourth-order valence-corrected chi connectivity index (χ4v) is 8.53. The van der Waals surface area contributed by atoms with Gasteiger partial charge in [-0.2, -0.15) is 0 Å². The molecule has 1 amide bonds. The zero-order chi connectivity index (χ0) is 25.8. The first-order chi connectivity index (χ1) is 16.2. The van der Waals surface area contributed by atoms with E-state index in [0.717, 1.165) is 44.1 Å². The van der Waals surface area contributed by atoms with Crippen molar-refractivity contribution in [2.75, 3.05) is 0 Å². The van der Waals surface area contributed by atoms with Crippen molar-refractivity contribution in [1.29, 1.82) is 0 Å². The summed E-state index contributed by atoms with van der Waals surface area (Å²) in [7, 11) is -11.3. The van der Waals surface area contributed by atoms with Gasteiger partial charge in [0.15, 0.2) is 20.7 Å². The van der Waals surface area contributed by atoms with Crippen LogP contribution in [0.2, 0.25) is 0 Å². The average Bonchev–Trinajstić information content (AvgIpc) is 3.04. The molecule has 37 heavy (non-hydrogen) atoms. The van der Waals surface area contributed by atoms with Gasteiger partial charge in [-0.3, -0.25) is 9.59 Å². The number of aliphatic hydroxyl groups excluding tert-OH is 1. The third kappa shape index (κ3) is 7.20. The topological polar surface area (TPSA) is 196 Å². The van der Waals surface area contributed by atoms with Gasteiger partial charge < -0.3 is 43.9 Å². The SMILES string of the molecule is C[C@]12CC[C@@H]3c4ccc(OC(=O)CC(=O)NC(P(=O)([O-])O)P(=O)([O-])O)cc4CC[C@H]3[C@@H]1CC[C@@H]2O.[Na+].[Na+]. The monoisotopic (exact) mass is 575 g/mol. The van der Waals surface area contributed by atoms with Gasteiger partial charge in [0.1, 0.15) is 12.2 Å². The largest absolute Gasteiger partial charge is 1.00 e. The molecule has 4 N–H and O–H groups in total. The number of fused-ring (bicyclic) bond motifs is 5. The van der Waals surface area contributed by atoms with Crippen LogP contribution in [0, 0.1) is 17.3 Å². The molecule has 0 heterocycles. The number of hydrogen-bond donors (Lipinski definition) is 4. The molecule has 2 saturated carbocycles. The van der Waals surface area contributed by atoms with E-state index in [4.69, 9.17) is 14.5 Å². The minimum atomic E-state index is -5.67. The number of esters is 1. The molecule has 2 unspecified atom stereocenters. The summed E-state index contributed by atoms with van der Waals surface area (Å²) in [5, 5.41) is 11.9. The van der Waals surface area contributed by atoms with Crippen LogP contribution in [0.5, 0.6) is 5.75 Å². The molecular formula is C22H29NNa2O10P2. The molecule has 11 nitrogen and oxygen atoms in total. The molecule has 0 aromatic heterocycles. The van der Waals surface area contributed by atoms with Crippen molar-refractivity contribution in [2.24, 2.45) is 17.3 Å². The number of rotatable bonds is 6. The van der Waals surface area contributed by atoms with Gasteiger partial charge >= 0.3 is 65.1 Å². The molecule has 7 atom stereocenters. The first-order valence-electron chi connectivity index (χ1n) is 11.6. The molecule has 0 radical (unpaired) electrons. The number of carbonyl (C=O) groups excluding carboxylic acids is 2. The second-order valence-corrected chi connectivity index (χ2v) is 13.8. The predicted molar refractivity (Wildman–Crippen MR) is 119 cm³/mol. The Hall–Kier alpha value is 0.420. The third-order valence-corrected chi connectivity index (χ3v) is 11.3. The van der Waals surface area contributed by atoms with Crippen molar-refractivity contribution >= 4 is 27.1 Å². The number of ether oxygens (including phenoxy) is 1. The van der Waals surface area contributed by atoms with Crippen LogP contribution in [0.3, 0.4) is 0 Å². The van der Waals surface area contributed by atoms with Crippen LogP contribution in [-0.4, -0.2) is 38.4 Å². The van der Waals surface area contributed by atoms with Gasteiger partial charge in [0.25, 0.3) is 0 Å². The molecule has 0 spiro atoms. The van der Waals surface area contributed by atoms with Gasteiger partial charge in [0.05, 0.1) is 6.10 Å². The van der Waals surface area contributed by atoms with E-state index in [2.05, 4.69) is 6.92 Å². The van der Waals surface area contributed by atoms with Crippen LogP contribution in [0.15, 0.2) is 18.2 Å². The average molecular weight is 575 g/mol. The van der Waals surface area contributed by atoms with Crippen molar-refractivity contribution < 1.29 is 107 Å². The Morgan fingerprint density at radius 2 is 1.78 bits per heavy atom. The van der Waals surface area contributed by atoms with E-state index >= 15 is 0 Å². The normalized spacial score (nSPS) is 31.9. The molecular weight excluding hydrogens is 546 g/mol. The Bertz CT molecular complexity index is 1100. The van der Waals surface area contributed by atoms with Crippen LogP contribution in [0.1, 0.15) is 62.5 Å². The number of nitrogens with one attached hydrogen (secondary N) is 1. The van der Waals surface area contributed by atoms with Gasteiger partial charge in [0.2, 0.25) is 5.91 Å². The van der Waals surface area contributed by atoms with Crippen LogP contribution >= 0.6 is 15.2 Å². The van der Waals surface area contributed by atoms with Crippen molar-refractivity contribution in [3.8, 4) is 5.75 Å². The van der Waals surface area contributed by atoms with E-state index in [1.165, 1.54) is 10.9 Å². The van der Waals surface area contributed by atoms with Crippen LogP contribution in [-0.2, 0) is 25.1 Å². The molecule has 15 heteroatoms. The summed E-state index contributed by atoms with van der Waals surface area (Å²) in [6.45, 7) is 2.20. The zero-order valence-corrected chi connectivity index (χ0v) is 27.0. The zero-order valence-electron chi connectivity index (χ0n) is 21.2. The number of benzene rings is 1. The Labute approximate surface area is 259 Å². The summed E-state index contributed by atoms with van der Waals surface area (Å²) in [5.74, 6) is -0.883. The summed E-state index contributed by atoms with van der Waals surface area (Å²) in [6.07, 6.45) is 4.29. The molecule has 3 aliphatic carbocycles. The number of carbonyl (C=O) groups is 2. The molecule has 4 rings (SSSR count). The standard InChI is InChI=1S/C22H31NO10P2.2Na/c1-22-9-8-15-14-5-3-13(10-12(14)2-4-16(15)17(22)6-7-18(22)24)33-20(26)11-19(25)23-21(34(27,28)29)35(30,31)32;;/h3,5,10,15-18,21,24H,2,4,6-9,11H2,1H3,(H,23,25)(H2,27,28,29)(H2,30,31,32);;/q;2*+1/p-2/t15-,16-,17+,18+,22+;;/m1../s1. The van der Waals surface area contributed by atoms with Crippen molar-refractivity contribution in [3.05, 3.63) is 29.3 Å². The van der Waals surface area contributed by atoms with E-state index in [1.54, 1.807) is 12.1 Å². The fourth-order valence-electron chi connectivity index (χ4n) is 6.44. The van der Waals surface area contributed by atoms with E-state index in [9.17, 15) is 33.6 Å². The molecule has 1 aromatic rings. The van der Waals surface area contributed by atoms with E-state index < -0.39 is 39.0 Å². The maximum absolute atomic E-state index is 12.2. The summed E-state index contributed by atoms with van der Waals surface area (Å²) in [6, 6.07) is 5.27. The van der Waals surface area contributed by atoms with E-state index in [-0.39, 0.29) is 76.4 Å². The fraction of sp³-hybridized carbons (Fsp3) is 0.636. The first-order valence-corrected chi connectivity index (χ1v) is 14.9. The van der Waals surface area contributed by atoms with Gasteiger partial charge in [-0.25, -0.2) is 0 Å². The van der Waals surface area contributed by atoms with Crippen molar-refractivity contribution in [2.45, 2.75) is 69.4 Å². The Balaban J connectivity index is 0.00000241. The van der Waals surface area contributed by atoms with Crippen LogP contribution in [0.25, 0.3) is 0 Å². The number of aryl methyl sites for hydroxylation is 1. The second-order valence-electron chi connectivity index (χ2n) is 10.1. The molecule has 1 aromatic carbocycles. The molecule has 3 aliphatic rings. The van der Waals surface area contributed by atoms with Gasteiger partial charge in [0, 0.05) is 0 Å². The smallest absolute Gasteiger partial charge is 0.777 e. The second kappa shape index (κ2) is 12.5. The summed E-state index contributed by atoms with van der Waals surface area (Å²) < 4.78 is 27.4. The van der Waals surface area contributed by atoms with Crippen molar-refractivity contribution in [1.82, 2.24) is 5.32 Å². The Morgan fingerprint density at radius 1 is 1.14 bits per heavy atom. The summed E-state index contributed by atoms with van der Waals surface area (Å²) >= 11 is 0. The quantitative estimate of drug-likeness (QED) is 0.0836. The number of amides is 1. The predicted octanol–water partition coefficient (Wildman–Crippen LogP) is -5.30. The van der Waals surface area contributed by atoms with Crippen LogP contribution < -0.4 is 79.0 Å². The van der Waals surface area contributed by atoms with Crippen molar-refractivity contribution in [3.63, 3.8) is 0 Å². The molecule has 2 fully saturated rings. The first kappa shape index (κ1) is 33.6. The minimum Gasteiger partial charge on any atom is -0.777 e. The summed E-state index contributed by atoms with van der Waals surface area (Å²) in [5.41, 5.74) is -0.735. The number of aliphatic hydroxyl groups is 1. The minimum absolute atomic E-state index is 0. The maximum atomic E-state index is 12.2. The molecule has 0 saturated heterocycles. The number of hydrogen-bond acceptors (Lipinski definition) is 8. The van der Waals surface area contributed by atoms with Crippen LogP contribution in [0.4, 0.5) is 0 Å². The van der Waals surface area contributed by atoms with E-state index in [1.807, 2.05) is 6.07 Å². The summed E-state index contributed by atoms with van der Waals surface area (Å²) in [4.78, 5) is 64.2. The molecule has 194 valence electrons. The molecule has 0 aliphatic heterocycles. The molecule has 0 bridgehead atoms. The van der Waals surface area contributed by atoms with Gasteiger partial charge in [-0.1, -0.05) is 13.0 Å². The third-order valence-electron chi connectivity index (χ3n) is 8.09.